The summed E-state index contributed by atoms with van der Waals surface area (Å²) in [5, 5.41) is 12.9. The first kappa shape index (κ1) is 22.1. The minimum Gasteiger partial charge on any atom is -0.451 e. The van der Waals surface area contributed by atoms with Crippen LogP contribution in [-0.4, -0.2) is 56.2 Å². The molecule has 5 rings (SSSR count). The van der Waals surface area contributed by atoms with E-state index in [1.807, 2.05) is 6.07 Å². The molecule has 3 heterocycles. The standard InChI is InChI=1S/C26H26N4O4/c27-17-18-15-19(28-26(32)25-16-23(31)21-3-1-2-4-24(21)34-25)5-6-22(18)30-9-7-20(8-10-30)29-11-13-33-14-12-29/h1-6,15-16,20H,7-14H2,(H,28,32). The normalized spacial score (nSPS) is 17.4. The summed E-state index contributed by atoms with van der Waals surface area (Å²) < 4.78 is 11.1. The summed E-state index contributed by atoms with van der Waals surface area (Å²) in [6, 6.07) is 16.1. The van der Waals surface area contributed by atoms with Gasteiger partial charge < -0.3 is 19.4 Å². The fourth-order valence-corrected chi connectivity index (χ4v) is 4.80. The van der Waals surface area contributed by atoms with Gasteiger partial charge in [0.1, 0.15) is 11.7 Å². The highest BCUT2D eigenvalue weighted by Gasteiger charge is 2.27. The molecule has 3 aromatic rings. The van der Waals surface area contributed by atoms with Gasteiger partial charge in [0, 0.05) is 44.0 Å². The Labute approximate surface area is 197 Å². The molecule has 1 N–H and O–H groups in total. The molecule has 2 aliphatic rings. The molecule has 2 aliphatic heterocycles. The van der Waals surface area contributed by atoms with Gasteiger partial charge in [0.15, 0.2) is 11.2 Å². The summed E-state index contributed by atoms with van der Waals surface area (Å²) in [5.74, 6) is -0.609. The number of amides is 1. The number of carbonyl (C=O) groups is 1. The summed E-state index contributed by atoms with van der Waals surface area (Å²) in [6.07, 6.45) is 2.09. The van der Waals surface area contributed by atoms with Crippen LogP contribution in [0.3, 0.4) is 0 Å². The van der Waals surface area contributed by atoms with Crippen molar-refractivity contribution >= 4 is 28.3 Å². The number of ether oxygens (including phenoxy) is 1. The number of hydrogen-bond donors (Lipinski definition) is 1. The van der Waals surface area contributed by atoms with Gasteiger partial charge >= 0.3 is 0 Å². The number of anilines is 2. The van der Waals surface area contributed by atoms with Gasteiger partial charge in [-0.05, 0) is 43.2 Å². The zero-order valence-corrected chi connectivity index (χ0v) is 18.8. The number of nitriles is 1. The maximum absolute atomic E-state index is 12.7. The largest absolute Gasteiger partial charge is 0.451 e. The number of fused-ring (bicyclic) bond motifs is 1. The van der Waals surface area contributed by atoms with Crippen molar-refractivity contribution in [3.63, 3.8) is 0 Å². The molecule has 0 radical (unpaired) electrons. The molecule has 2 saturated heterocycles. The third-order valence-corrected chi connectivity index (χ3v) is 6.60. The molecular weight excluding hydrogens is 432 g/mol. The van der Waals surface area contributed by atoms with Crippen LogP contribution in [0.4, 0.5) is 11.4 Å². The molecule has 8 heteroatoms. The van der Waals surface area contributed by atoms with E-state index in [4.69, 9.17) is 9.15 Å². The fraction of sp³-hybridized carbons (Fsp3) is 0.346. The fourth-order valence-electron chi connectivity index (χ4n) is 4.80. The monoisotopic (exact) mass is 458 g/mol. The Balaban J connectivity index is 1.28. The third kappa shape index (κ3) is 4.53. The second-order valence-electron chi connectivity index (χ2n) is 8.64. The minimum absolute atomic E-state index is 0.0727. The third-order valence-electron chi connectivity index (χ3n) is 6.60. The Bertz CT molecular complexity index is 1300. The number of benzene rings is 2. The number of nitrogens with zero attached hydrogens (tertiary/aromatic N) is 3. The van der Waals surface area contributed by atoms with Gasteiger partial charge in [0.25, 0.3) is 5.91 Å². The van der Waals surface area contributed by atoms with Gasteiger partial charge in [-0.25, -0.2) is 0 Å². The molecule has 1 amide bonds. The molecule has 0 bridgehead atoms. The van der Waals surface area contributed by atoms with Gasteiger partial charge in [-0.3, -0.25) is 14.5 Å². The van der Waals surface area contributed by atoms with Crippen molar-refractivity contribution in [1.29, 1.82) is 5.26 Å². The van der Waals surface area contributed by atoms with Crippen LogP contribution in [0.15, 0.2) is 57.7 Å². The van der Waals surface area contributed by atoms with Crippen molar-refractivity contribution in [2.24, 2.45) is 0 Å². The van der Waals surface area contributed by atoms with Crippen molar-refractivity contribution < 1.29 is 13.9 Å². The highest BCUT2D eigenvalue weighted by atomic mass is 16.5. The Morgan fingerprint density at radius 1 is 1.03 bits per heavy atom. The van der Waals surface area contributed by atoms with E-state index in [2.05, 4.69) is 21.2 Å². The van der Waals surface area contributed by atoms with E-state index >= 15 is 0 Å². The summed E-state index contributed by atoms with van der Waals surface area (Å²) in [6.45, 7) is 5.33. The summed E-state index contributed by atoms with van der Waals surface area (Å²) >= 11 is 0. The van der Waals surface area contributed by atoms with E-state index in [0.29, 0.717) is 28.3 Å². The van der Waals surface area contributed by atoms with E-state index in [1.165, 1.54) is 6.07 Å². The minimum atomic E-state index is -0.536. The highest BCUT2D eigenvalue weighted by molar-refractivity contribution is 6.03. The molecule has 0 atom stereocenters. The van der Waals surface area contributed by atoms with Crippen molar-refractivity contribution in [2.45, 2.75) is 18.9 Å². The van der Waals surface area contributed by atoms with Gasteiger partial charge in [-0.2, -0.15) is 5.26 Å². The number of carbonyl (C=O) groups excluding carboxylic acids is 1. The van der Waals surface area contributed by atoms with E-state index in [9.17, 15) is 14.9 Å². The van der Waals surface area contributed by atoms with Crippen molar-refractivity contribution in [2.75, 3.05) is 49.6 Å². The summed E-state index contributed by atoms with van der Waals surface area (Å²) in [7, 11) is 0. The molecule has 0 spiro atoms. The number of rotatable bonds is 4. The SMILES string of the molecule is N#Cc1cc(NC(=O)c2cc(=O)c3ccccc3o2)ccc1N1CCC(N2CCOCC2)CC1. The molecule has 34 heavy (non-hydrogen) atoms. The van der Waals surface area contributed by atoms with Crippen LogP contribution in [-0.2, 0) is 4.74 Å². The van der Waals surface area contributed by atoms with Crippen molar-refractivity contribution in [3.8, 4) is 6.07 Å². The van der Waals surface area contributed by atoms with Crippen molar-refractivity contribution in [3.05, 3.63) is 70.1 Å². The van der Waals surface area contributed by atoms with Crippen LogP contribution in [0.2, 0.25) is 0 Å². The number of hydrogen-bond acceptors (Lipinski definition) is 7. The Morgan fingerprint density at radius 3 is 2.56 bits per heavy atom. The highest BCUT2D eigenvalue weighted by Crippen LogP contribution is 2.28. The van der Waals surface area contributed by atoms with Crippen LogP contribution < -0.4 is 15.6 Å². The van der Waals surface area contributed by atoms with E-state index in [0.717, 1.165) is 57.9 Å². The zero-order valence-electron chi connectivity index (χ0n) is 18.8. The maximum Gasteiger partial charge on any atom is 0.291 e. The second-order valence-corrected chi connectivity index (χ2v) is 8.64. The number of morpholine rings is 1. The van der Waals surface area contributed by atoms with Gasteiger partial charge in [-0.15, -0.1) is 0 Å². The van der Waals surface area contributed by atoms with E-state index in [1.54, 1.807) is 36.4 Å². The van der Waals surface area contributed by atoms with Crippen LogP contribution >= 0.6 is 0 Å². The van der Waals surface area contributed by atoms with Gasteiger partial charge in [0.05, 0.1) is 29.9 Å². The smallest absolute Gasteiger partial charge is 0.291 e. The van der Waals surface area contributed by atoms with Crippen LogP contribution in [0, 0.1) is 11.3 Å². The predicted octanol–water partition coefficient (Wildman–Crippen LogP) is 3.22. The Morgan fingerprint density at radius 2 is 1.79 bits per heavy atom. The molecule has 8 nitrogen and oxygen atoms in total. The van der Waals surface area contributed by atoms with Crippen molar-refractivity contribution in [1.82, 2.24) is 4.90 Å². The summed E-state index contributed by atoms with van der Waals surface area (Å²) in [4.78, 5) is 29.8. The predicted molar refractivity (Wildman–Crippen MR) is 129 cm³/mol. The molecule has 0 saturated carbocycles. The molecule has 1 aromatic heterocycles. The Hall–Kier alpha value is -3.67. The average Bonchev–Trinajstić information content (AvgIpc) is 2.89. The average molecular weight is 459 g/mol. The topological polar surface area (TPSA) is 98.8 Å². The van der Waals surface area contributed by atoms with Crippen LogP contribution in [0.5, 0.6) is 0 Å². The lowest BCUT2D eigenvalue weighted by Gasteiger charge is -2.41. The lowest BCUT2D eigenvalue weighted by atomic mass is 10.0. The Kier molecular flexibility index (Phi) is 6.30. The number of nitrogens with one attached hydrogen (secondary N) is 1. The lowest BCUT2D eigenvalue weighted by molar-refractivity contribution is 0.0115. The molecule has 0 aliphatic carbocycles. The maximum atomic E-state index is 12.7. The van der Waals surface area contributed by atoms with Crippen LogP contribution in [0.1, 0.15) is 29.0 Å². The van der Waals surface area contributed by atoms with Gasteiger partial charge in [0.2, 0.25) is 0 Å². The molecule has 0 unspecified atom stereocenters. The number of para-hydroxylation sites is 1. The second kappa shape index (κ2) is 9.67. The molecule has 174 valence electrons. The first-order chi connectivity index (χ1) is 16.6. The lowest BCUT2D eigenvalue weighted by Crippen LogP contribution is -2.49. The first-order valence-electron chi connectivity index (χ1n) is 11.6. The van der Waals surface area contributed by atoms with E-state index in [-0.39, 0.29) is 11.2 Å². The molecule has 2 fully saturated rings. The first-order valence-corrected chi connectivity index (χ1v) is 11.6. The van der Waals surface area contributed by atoms with Gasteiger partial charge in [-0.1, -0.05) is 12.1 Å². The molecular formula is C26H26N4O4. The van der Waals surface area contributed by atoms with Crippen LogP contribution in [0.25, 0.3) is 11.0 Å². The number of piperidine rings is 1. The quantitative estimate of drug-likeness (QED) is 0.641. The molecule has 2 aromatic carbocycles. The summed E-state index contributed by atoms with van der Waals surface area (Å²) in [5.41, 5.74) is 1.93. The zero-order chi connectivity index (χ0) is 23.5. The van der Waals surface area contributed by atoms with E-state index < -0.39 is 5.91 Å².